The van der Waals surface area contributed by atoms with Crippen LogP contribution in [0.5, 0.6) is 0 Å². The van der Waals surface area contributed by atoms with Gasteiger partial charge in [-0.1, -0.05) is 12.8 Å². The van der Waals surface area contributed by atoms with Crippen molar-refractivity contribution in [2.24, 2.45) is 5.92 Å². The van der Waals surface area contributed by atoms with Crippen LogP contribution in [0.2, 0.25) is 0 Å². The van der Waals surface area contributed by atoms with E-state index in [-0.39, 0.29) is 12.1 Å². The second-order valence-electron chi connectivity index (χ2n) is 6.03. The van der Waals surface area contributed by atoms with Crippen LogP contribution in [0.25, 0.3) is 0 Å². The highest BCUT2D eigenvalue weighted by molar-refractivity contribution is 5.76. The Kier molecular flexibility index (Phi) is 4.23. The summed E-state index contributed by atoms with van der Waals surface area (Å²) in [5.74, 6) is 0.710. The molecule has 0 aromatic rings. The summed E-state index contributed by atoms with van der Waals surface area (Å²) in [5, 5.41) is 6.50. The van der Waals surface area contributed by atoms with Crippen molar-refractivity contribution in [1.29, 1.82) is 0 Å². The fourth-order valence-corrected chi connectivity index (χ4v) is 3.54. The third kappa shape index (κ3) is 3.20. The molecule has 2 atom stereocenters. The molecule has 2 saturated heterocycles. The summed E-state index contributed by atoms with van der Waals surface area (Å²) >= 11 is 0. The second kappa shape index (κ2) is 6.09. The van der Waals surface area contributed by atoms with Gasteiger partial charge in [0.15, 0.2) is 0 Å². The predicted molar refractivity (Wildman–Crippen MR) is 73.1 cm³/mol. The van der Waals surface area contributed by atoms with Crippen LogP contribution in [-0.4, -0.2) is 55.9 Å². The first kappa shape index (κ1) is 13.2. The van der Waals surface area contributed by atoms with E-state index < -0.39 is 0 Å². The number of urea groups is 1. The zero-order valence-corrected chi connectivity index (χ0v) is 11.6. The third-order valence-corrected chi connectivity index (χ3v) is 4.71. The molecule has 2 N–H and O–H groups in total. The van der Waals surface area contributed by atoms with Crippen molar-refractivity contribution in [2.75, 3.05) is 32.8 Å². The molecule has 5 heteroatoms. The largest absolute Gasteiger partial charge is 0.376 e. The Morgan fingerprint density at radius 1 is 1.32 bits per heavy atom. The Labute approximate surface area is 115 Å². The minimum Gasteiger partial charge on any atom is -0.376 e. The first-order valence-corrected chi connectivity index (χ1v) is 7.70. The monoisotopic (exact) mass is 267 g/mol. The molecule has 19 heavy (non-hydrogen) atoms. The Morgan fingerprint density at radius 3 is 2.89 bits per heavy atom. The molecule has 2 amide bonds. The van der Waals surface area contributed by atoms with E-state index in [4.69, 9.17) is 4.74 Å². The van der Waals surface area contributed by atoms with Gasteiger partial charge in [0, 0.05) is 26.2 Å². The number of hydrogen-bond acceptors (Lipinski definition) is 3. The van der Waals surface area contributed by atoms with E-state index in [1.807, 2.05) is 4.90 Å². The molecule has 0 radical (unpaired) electrons. The van der Waals surface area contributed by atoms with E-state index >= 15 is 0 Å². The molecule has 3 fully saturated rings. The van der Waals surface area contributed by atoms with Crippen molar-refractivity contribution in [1.82, 2.24) is 15.5 Å². The highest BCUT2D eigenvalue weighted by atomic mass is 16.5. The molecular formula is C14H25N3O2. The van der Waals surface area contributed by atoms with Gasteiger partial charge in [0.2, 0.25) is 0 Å². The lowest BCUT2D eigenvalue weighted by Gasteiger charge is -2.25. The van der Waals surface area contributed by atoms with Gasteiger partial charge in [0.25, 0.3) is 0 Å². The first-order chi connectivity index (χ1) is 9.33. The molecule has 0 bridgehead atoms. The molecule has 3 aliphatic rings. The Morgan fingerprint density at radius 2 is 2.16 bits per heavy atom. The van der Waals surface area contributed by atoms with Crippen LogP contribution in [0.3, 0.4) is 0 Å². The summed E-state index contributed by atoms with van der Waals surface area (Å²) in [4.78, 5) is 13.9. The summed E-state index contributed by atoms with van der Waals surface area (Å²) < 4.78 is 5.68. The fraction of sp³-hybridized carbons (Fsp3) is 0.929. The van der Waals surface area contributed by atoms with Crippen LogP contribution in [-0.2, 0) is 4.74 Å². The number of morpholine rings is 1. The molecule has 0 spiro atoms. The van der Waals surface area contributed by atoms with Crippen molar-refractivity contribution in [3.8, 4) is 0 Å². The SMILES string of the molecule is O=C1NC(C2CCCC2)CN1CCC1CNCCO1. The molecule has 108 valence electrons. The van der Waals surface area contributed by atoms with E-state index in [0.29, 0.717) is 12.0 Å². The van der Waals surface area contributed by atoms with Gasteiger partial charge in [-0.15, -0.1) is 0 Å². The van der Waals surface area contributed by atoms with E-state index in [1.165, 1.54) is 25.7 Å². The maximum absolute atomic E-state index is 12.0. The van der Waals surface area contributed by atoms with Crippen molar-refractivity contribution in [3.05, 3.63) is 0 Å². The molecule has 5 nitrogen and oxygen atoms in total. The van der Waals surface area contributed by atoms with Gasteiger partial charge in [-0.2, -0.15) is 0 Å². The summed E-state index contributed by atoms with van der Waals surface area (Å²) in [7, 11) is 0. The number of amides is 2. The first-order valence-electron chi connectivity index (χ1n) is 7.70. The topological polar surface area (TPSA) is 53.6 Å². The molecule has 1 aliphatic carbocycles. The number of carbonyl (C=O) groups is 1. The number of carbonyl (C=O) groups excluding carboxylic acids is 1. The van der Waals surface area contributed by atoms with E-state index in [9.17, 15) is 4.79 Å². The van der Waals surface area contributed by atoms with Crippen molar-refractivity contribution in [2.45, 2.75) is 44.2 Å². The average Bonchev–Trinajstić information content (AvgIpc) is 3.07. The van der Waals surface area contributed by atoms with E-state index in [0.717, 1.165) is 39.2 Å². The number of hydrogen-bond donors (Lipinski definition) is 2. The van der Waals surface area contributed by atoms with Crippen LogP contribution >= 0.6 is 0 Å². The highest BCUT2D eigenvalue weighted by Crippen LogP contribution is 2.29. The summed E-state index contributed by atoms with van der Waals surface area (Å²) in [6.45, 7) is 4.37. The van der Waals surface area contributed by atoms with E-state index in [2.05, 4.69) is 10.6 Å². The standard InChI is InChI=1S/C14H25N3O2/c18-14-16-13(11-3-1-2-4-11)10-17(14)7-5-12-9-15-6-8-19-12/h11-13,15H,1-10H2,(H,16,18). The molecule has 3 rings (SSSR count). The second-order valence-corrected chi connectivity index (χ2v) is 6.03. The summed E-state index contributed by atoms with van der Waals surface area (Å²) in [5.41, 5.74) is 0. The zero-order chi connectivity index (χ0) is 13.1. The lowest BCUT2D eigenvalue weighted by atomic mass is 9.99. The predicted octanol–water partition coefficient (Wildman–Crippen LogP) is 0.949. The van der Waals surface area contributed by atoms with Gasteiger partial charge in [0.1, 0.15) is 0 Å². The van der Waals surface area contributed by atoms with Crippen LogP contribution < -0.4 is 10.6 Å². The molecule has 0 aromatic carbocycles. The van der Waals surface area contributed by atoms with Crippen molar-refractivity contribution in [3.63, 3.8) is 0 Å². The summed E-state index contributed by atoms with van der Waals surface area (Å²) in [6, 6.07) is 0.515. The molecule has 2 unspecified atom stereocenters. The summed E-state index contributed by atoms with van der Waals surface area (Å²) in [6.07, 6.45) is 6.45. The number of rotatable bonds is 4. The maximum atomic E-state index is 12.0. The molecule has 0 aromatic heterocycles. The van der Waals surface area contributed by atoms with Gasteiger partial charge in [-0.3, -0.25) is 0 Å². The smallest absolute Gasteiger partial charge is 0.317 e. The van der Waals surface area contributed by atoms with Gasteiger partial charge >= 0.3 is 6.03 Å². The van der Waals surface area contributed by atoms with Gasteiger partial charge in [-0.05, 0) is 25.2 Å². The Bertz CT molecular complexity index is 312. The maximum Gasteiger partial charge on any atom is 0.317 e. The average molecular weight is 267 g/mol. The van der Waals surface area contributed by atoms with Crippen molar-refractivity contribution >= 4 is 6.03 Å². The van der Waals surface area contributed by atoms with Crippen molar-refractivity contribution < 1.29 is 9.53 Å². The molecule has 2 aliphatic heterocycles. The minimum absolute atomic E-state index is 0.126. The number of nitrogens with zero attached hydrogens (tertiary/aromatic N) is 1. The number of nitrogens with one attached hydrogen (secondary N) is 2. The number of ether oxygens (including phenoxy) is 1. The normalized spacial score (nSPS) is 32.8. The third-order valence-electron chi connectivity index (χ3n) is 4.71. The Hall–Kier alpha value is -0.810. The molecular weight excluding hydrogens is 242 g/mol. The lowest BCUT2D eigenvalue weighted by molar-refractivity contribution is 0.0200. The van der Waals surface area contributed by atoms with Crippen LogP contribution in [0, 0.1) is 5.92 Å². The van der Waals surface area contributed by atoms with Crippen LogP contribution in [0.4, 0.5) is 4.79 Å². The van der Waals surface area contributed by atoms with Gasteiger partial charge in [0.05, 0.1) is 18.8 Å². The molecule has 1 saturated carbocycles. The minimum atomic E-state index is 0.126. The Balaban J connectivity index is 1.44. The zero-order valence-electron chi connectivity index (χ0n) is 11.6. The highest BCUT2D eigenvalue weighted by Gasteiger charge is 2.35. The van der Waals surface area contributed by atoms with Gasteiger partial charge in [-0.25, -0.2) is 4.79 Å². The van der Waals surface area contributed by atoms with Crippen LogP contribution in [0.15, 0.2) is 0 Å². The van der Waals surface area contributed by atoms with E-state index in [1.54, 1.807) is 0 Å². The lowest BCUT2D eigenvalue weighted by Crippen LogP contribution is -2.41. The quantitative estimate of drug-likeness (QED) is 0.797. The fourth-order valence-electron chi connectivity index (χ4n) is 3.54. The van der Waals surface area contributed by atoms with Gasteiger partial charge < -0.3 is 20.3 Å². The molecule has 2 heterocycles. The van der Waals surface area contributed by atoms with Crippen LogP contribution in [0.1, 0.15) is 32.1 Å².